The van der Waals surface area contributed by atoms with Crippen LogP contribution in [0, 0.1) is 23.2 Å². The number of esters is 1. The van der Waals surface area contributed by atoms with Crippen LogP contribution in [0.25, 0.3) is 0 Å². The van der Waals surface area contributed by atoms with Crippen LogP contribution < -0.4 is 0 Å². The number of Topliss-reactive ketones (excluding diaryl/α,β-unsaturated/α-hetero) is 1. The molecule has 0 saturated heterocycles. The average Bonchev–Trinajstić information content (AvgIpc) is 2.31. The summed E-state index contributed by atoms with van der Waals surface area (Å²) in [4.78, 5) is 24.2. The van der Waals surface area contributed by atoms with Gasteiger partial charge >= 0.3 is 5.97 Å². The van der Waals surface area contributed by atoms with Gasteiger partial charge < -0.3 is 4.74 Å². The molecule has 4 fully saturated rings. The van der Waals surface area contributed by atoms with Gasteiger partial charge in [-0.1, -0.05) is 0 Å². The summed E-state index contributed by atoms with van der Waals surface area (Å²) in [6, 6.07) is 0. The lowest BCUT2D eigenvalue weighted by Crippen LogP contribution is -2.54. The number of carbonyl (C=O) groups is 2. The molecule has 0 aromatic heterocycles. The molecule has 17 heavy (non-hydrogen) atoms. The van der Waals surface area contributed by atoms with Gasteiger partial charge in [-0.25, -0.2) is 0 Å². The summed E-state index contributed by atoms with van der Waals surface area (Å²) in [5, 5.41) is 0. The minimum atomic E-state index is -0.326. The first-order valence-corrected chi connectivity index (χ1v) is 7.10. The Morgan fingerprint density at radius 1 is 1.29 bits per heavy atom. The molecule has 4 heteroatoms. The van der Waals surface area contributed by atoms with Crippen LogP contribution >= 0.6 is 12.6 Å². The van der Waals surface area contributed by atoms with E-state index in [1.54, 1.807) is 0 Å². The topological polar surface area (TPSA) is 43.4 Å². The SMILES string of the molecule is O=C1C2CC3CC1CC(C(=O)OCCS)(C3)C2. The molecule has 3 nitrogen and oxygen atoms in total. The first-order valence-electron chi connectivity index (χ1n) is 6.46. The van der Waals surface area contributed by atoms with Crippen LogP contribution in [0.4, 0.5) is 0 Å². The summed E-state index contributed by atoms with van der Waals surface area (Å²) >= 11 is 4.06. The third-order valence-electron chi connectivity index (χ3n) is 4.75. The number of hydrogen-bond acceptors (Lipinski definition) is 4. The summed E-state index contributed by atoms with van der Waals surface area (Å²) in [5.41, 5.74) is -0.326. The fourth-order valence-electron chi connectivity index (χ4n) is 4.29. The van der Waals surface area contributed by atoms with E-state index >= 15 is 0 Å². The van der Waals surface area contributed by atoms with Gasteiger partial charge in [-0.2, -0.15) is 12.6 Å². The van der Waals surface area contributed by atoms with Crippen molar-refractivity contribution in [1.29, 1.82) is 0 Å². The third-order valence-corrected chi connectivity index (χ3v) is 4.93. The van der Waals surface area contributed by atoms with E-state index in [0.29, 0.717) is 24.1 Å². The predicted molar refractivity (Wildman–Crippen MR) is 65.8 cm³/mol. The van der Waals surface area contributed by atoms with Gasteiger partial charge in [0.05, 0.1) is 5.41 Å². The molecule has 4 aliphatic carbocycles. The molecule has 4 bridgehead atoms. The number of hydrogen-bond donors (Lipinski definition) is 1. The second kappa shape index (κ2) is 4.01. The molecule has 4 aliphatic rings. The molecule has 4 rings (SSSR count). The molecule has 0 aliphatic heterocycles. The fraction of sp³-hybridized carbons (Fsp3) is 0.846. The van der Waals surface area contributed by atoms with Crippen molar-refractivity contribution in [2.24, 2.45) is 23.2 Å². The lowest BCUT2D eigenvalue weighted by molar-refractivity contribution is -0.174. The first kappa shape index (κ1) is 11.6. The molecule has 2 unspecified atom stereocenters. The van der Waals surface area contributed by atoms with Gasteiger partial charge in [-0.15, -0.1) is 0 Å². The second-order valence-corrected chi connectivity index (χ2v) is 6.33. The van der Waals surface area contributed by atoms with E-state index in [-0.39, 0.29) is 23.2 Å². The van der Waals surface area contributed by atoms with E-state index in [1.165, 1.54) is 0 Å². The van der Waals surface area contributed by atoms with Gasteiger partial charge in [0.2, 0.25) is 0 Å². The molecule has 0 amide bonds. The Labute approximate surface area is 107 Å². The van der Waals surface area contributed by atoms with Crippen molar-refractivity contribution < 1.29 is 14.3 Å². The molecule has 0 heterocycles. The zero-order valence-corrected chi connectivity index (χ0v) is 10.7. The lowest BCUT2D eigenvalue weighted by atomic mass is 9.49. The van der Waals surface area contributed by atoms with E-state index < -0.39 is 0 Å². The maximum atomic E-state index is 12.2. The van der Waals surface area contributed by atoms with Crippen molar-refractivity contribution in [3.63, 3.8) is 0 Å². The third kappa shape index (κ3) is 1.72. The highest BCUT2D eigenvalue weighted by Gasteiger charge is 2.58. The van der Waals surface area contributed by atoms with Crippen molar-refractivity contribution in [2.75, 3.05) is 12.4 Å². The lowest BCUT2D eigenvalue weighted by Gasteiger charge is -2.53. The summed E-state index contributed by atoms with van der Waals surface area (Å²) in [7, 11) is 0. The van der Waals surface area contributed by atoms with Crippen LogP contribution in [0.5, 0.6) is 0 Å². The van der Waals surface area contributed by atoms with Gasteiger partial charge in [-0.05, 0) is 38.0 Å². The first-order chi connectivity index (χ1) is 8.14. The van der Waals surface area contributed by atoms with Crippen LogP contribution in [0.1, 0.15) is 32.1 Å². The molecule has 4 saturated carbocycles. The van der Waals surface area contributed by atoms with E-state index in [0.717, 1.165) is 32.1 Å². The van der Waals surface area contributed by atoms with E-state index in [4.69, 9.17) is 4.74 Å². The van der Waals surface area contributed by atoms with E-state index in [1.807, 2.05) is 0 Å². The van der Waals surface area contributed by atoms with Crippen molar-refractivity contribution in [1.82, 2.24) is 0 Å². The summed E-state index contributed by atoms with van der Waals surface area (Å²) in [6.45, 7) is 0.387. The molecule has 94 valence electrons. The van der Waals surface area contributed by atoms with Crippen molar-refractivity contribution >= 4 is 24.4 Å². The van der Waals surface area contributed by atoms with Crippen LogP contribution in [-0.4, -0.2) is 24.1 Å². The van der Waals surface area contributed by atoms with Gasteiger partial charge in [0, 0.05) is 17.6 Å². The molecule has 0 aromatic carbocycles. The van der Waals surface area contributed by atoms with Crippen LogP contribution in [0.3, 0.4) is 0 Å². The van der Waals surface area contributed by atoms with Crippen molar-refractivity contribution in [3.8, 4) is 0 Å². The fourth-order valence-corrected chi connectivity index (χ4v) is 4.38. The zero-order chi connectivity index (χ0) is 12.0. The molecule has 0 aromatic rings. The molecule has 2 atom stereocenters. The summed E-state index contributed by atoms with van der Waals surface area (Å²) in [5.74, 6) is 1.78. The average molecular weight is 254 g/mol. The molecular weight excluding hydrogens is 236 g/mol. The van der Waals surface area contributed by atoms with Gasteiger partial charge in [-0.3, -0.25) is 9.59 Å². The number of ketones is 1. The van der Waals surface area contributed by atoms with Crippen LogP contribution in [-0.2, 0) is 14.3 Å². The number of thiol groups is 1. The monoisotopic (exact) mass is 254 g/mol. The van der Waals surface area contributed by atoms with Crippen LogP contribution in [0.2, 0.25) is 0 Å². The quantitative estimate of drug-likeness (QED) is 0.617. The largest absolute Gasteiger partial charge is 0.464 e. The second-order valence-electron chi connectivity index (χ2n) is 5.89. The highest BCUT2D eigenvalue weighted by molar-refractivity contribution is 7.80. The normalized spacial score (nSPS) is 42.9. The van der Waals surface area contributed by atoms with Gasteiger partial charge in [0.15, 0.2) is 0 Å². The Hall–Kier alpha value is -0.510. The van der Waals surface area contributed by atoms with E-state index in [2.05, 4.69) is 12.6 Å². The number of ether oxygens (including phenoxy) is 1. The smallest absolute Gasteiger partial charge is 0.312 e. The van der Waals surface area contributed by atoms with Crippen molar-refractivity contribution in [3.05, 3.63) is 0 Å². The minimum absolute atomic E-state index is 0.0709. The predicted octanol–water partition coefficient (Wildman–Crippen LogP) is 1.85. The number of rotatable bonds is 3. The van der Waals surface area contributed by atoms with E-state index in [9.17, 15) is 9.59 Å². The maximum Gasteiger partial charge on any atom is 0.312 e. The summed E-state index contributed by atoms with van der Waals surface area (Å²) in [6.07, 6.45) is 4.45. The maximum absolute atomic E-state index is 12.2. The Bertz CT molecular complexity index is 348. The highest BCUT2D eigenvalue weighted by Crippen LogP contribution is 2.58. The molecule has 0 N–H and O–H groups in total. The van der Waals surface area contributed by atoms with Gasteiger partial charge in [0.1, 0.15) is 12.4 Å². The Kier molecular flexibility index (Phi) is 2.73. The zero-order valence-electron chi connectivity index (χ0n) is 9.85. The van der Waals surface area contributed by atoms with Gasteiger partial charge in [0.25, 0.3) is 0 Å². The van der Waals surface area contributed by atoms with Crippen molar-refractivity contribution in [2.45, 2.75) is 32.1 Å². The summed E-state index contributed by atoms with van der Waals surface area (Å²) < 4.78 is 5.28. The van der Waals surface area contributed by atoms with Crippen LogP contribution in [0.15, 0.2) is 0 Å². The Balaban J connectivity index is 1.80. The Morgan fingerprint density at radius 2 is 1.94 bits per heavy atom. The minimum Gasteiger partial charge on any atom is -0.464 e. The standard InChI is InChI=1S/C13H18O3S/c14-11-9-3-8-4-10(11)7-13(5-8,6-9)12(15)16-1-2-17/h8-10,17H,1-7H2. The molecule has 0 radical (unpaired) electrons. The number of carbonyl (C=O) groups excluding carboxylic acids is 2. The molecule has 0 spiro atoms. The Morgan fingerprint density at radius 3 is 2.53 bits per heavy atom. The molecular formula is C13H18O3S. The highest BCUT2D eigenvalue weighted by atomic mass is 32.1.